The second-order valence-corrected chi connectivity index (χ2v) is 13.2. The minimum absolute atomic E-state index is 0.0313. The number of hydrogen-bond donors (Lipinski definition) is 0. The molecule has 0 aromatic heterocycles. The number of likely N-dealkylation sites (N-methyl/N-ethyl adjacent to an activating group) is 2. The number of hydroxylamine groups is 3. The van der Waals surface area contributed by atoms with Crippen LogP contribution < -0.4 is 33.2 Å². The van der Waals surface area contributed by atoms with E-state index in [1.807, 2.05) is 36.4 Å². The van der Waals surface area contributed by atoms with Gasteiger partial charge in [-0.15, -0.1) is 0 Å². The fourth-order valence-corrected chi connectivity index (χ4v) is 7.69. The molecule has 0 saturated carbocycles. The van der Waals surface area contributed by atoms with Gasteiger partial charge in [0.25, 0.3) is 0 Å². The van der Waals surface area contributed by atoms with Gasteiger partial charge in [-0.2, -0.15) is 0 Å². The lowest BCUT2D eigenvalue weighted by molar-refractivity contribution is -0.894. The Labute approximate surface area is 287 Å². The fraction of sp³-hybridized carbons (Fsp3) is 0.385. The van der Waals surface area contributed by atoms with E-state index in [0.717, 1.165) is 52.8 Å². The van der Waals surface area contributed by atoms with Gasteiger partial charge in [-0.25, -0.2) is 0 Å². The Balaban J connectivity index is 1.53. The molecule has 49 heavy (non-hydrogen) atoms. The highest BCUT2D eigenvalue weighted by Crippen LogP contribution is 2.55. The Bertz CT molecular complexity index is 1870. The molecule has 1 unspecified atom stereocenters. The van der Waals surface area contributed by atoms with Crippen molar-refractivity contribution in [3.05, 3.63) is 93.2 Å². The lowest BCUT2D eigenvalue weighted by Gasteiger charge is -2.49. The van der Waals surface area contributed by atoms with Crippen molar-refractivity contribution < 1.29 is 37.8 Å². The average Bonchev–Trinajstić information content (AvgIpc) is 3.10. The molecular weight excluding hydrogens is 624 g/mol. The van der Waals surface area contributed by atoms with Gasteiger partial charge in [0.1, 0.15) is 11.8 Å². The molecule has 4 heterocycles. The zero-order valence-corrected chi connectivity index (χ0v) is 29.3. The maximum absolute atomic E-state index is 14.5. The third kappa shape index (κ3) is 5.77. The predicted octanol–water partition coefficient (Wildman–Crippen LogP) is 7.18. The van der Waals surface area contributed by atoms with E-state index in [1.54, 1.807) is 42.6 Å². The molecular formula is C39H44N2O8. The van der Waals surface area contributed by atoms with Crippen LogP contribution in [0.2, 0.25) is 0 Å². The zero-order chi connectivity index (χ0) is 34.4. The monoisotopic (exact) mass is 668 g/mol. The van der Waals surface area contributed by atoms with Gasteiger partial charge in [0.05, 0.1) is 54.7 Å². The Morgan fingerprint density at radius 1 is 0.735 bits per heavy atom. The maximum Gasteiger partial charge on any atom is 0.204 e. The normalized spacial score (nSPS) is 21.3. The zero-order valence-electron chi connectivity index (χ0n) is 29.3. The first-order valence-corrected chi connectivity index (χ1v) is 16.6. The van der Waals surface area contributed by atoms with Crippen LogP contribution in [-0.2, 0) is 25.7 Å². The van der Waals surface area contributed by atoms with Gasteiger partial charge in [0.2, 0.25) is 11.5 Å². The number of rotatable bonds is 5. The number of ether oxygens (including phenoxy) is 7. The molecule has 4 aliphatic rings. The molecule has 4 aromatic rings. The first-order chi connectivity index (χ1) is 23.7. The van der Waals surface area contributed by atoms with Gasteiger partial charge in [-0.3, -0.25) is 4.90 Å². The summed E-state index contributed by atoms with van der Waals surface area (Å²) >= 11 is 0. The van der Waals surface area contributed by atoms with Crippen LogP contribution in [-0.4, -0.2) is 72.3 Å². The van der Waals surface area contributed by atoms with Gasteiger partial charge < -0.3 is 43.0 Å². The summed E-state index contributed by atoms with van der Waals surface area (Å²) in [4.78, 5) is 2.36. The molecule has 0 aliphatic carbocycles. The Morgan fingerprint density at radius 2 is 1.41 bits per heavy atom. The molecule has 10 nitrogen and oxygen atoms in total. The van der Waals surface area contributed by atoms with Crippen LogP contribution >= 0.6 is 0 Å². The van der Waals surface area contributed by atoms with Crippen molar-refractivity contribution >= 4 is 0 Å². The minimum atomic E-state index is -0.538. The topological polar surface area (TPSA) is 90.9 Å². The van der Waals surface area contributed by atoms with E-state index in [4.69, 9.17) is 33.2 Å². The van der Waals surface area contributed by atoms with E-state index in [9.17, 15) is 5.21 Å². The Kier molecular flexibility index (Phi) is 8.73. The van der Waals surface area contributed by atoms with Crippen LogP contribution in [0.15, 0.2) is 54.6 Å². The van der Waals surface area contributed by atoms with E-state index in [0.29, 0.717) is 71.1 Å². The van der Waals surface area contributed by atoms with Crippen molar-refractivity contribution in [3.8, 4) is 51.7 Å². The smallest absolute Gasteiger partial charge is 0.204 e. The quantitative estimate of drug-likeness (QED) is 0.162. The van der Waals surface area contributed by atoms with Crippen LogP contribution in [0.4, 0.5) is 0 Å². The summed E-state index contributed by atoms with van der Waals surface area (Å²) in [6, 6.07) is 17.6. The summed E-state index contributed by atoms with van der Waals surface area (Å²) in [5.41, 5.74) is 5.99. The molecule has 0 saturated heterocycles. The lowest BCUT2D eigenvalue weighted by Crippen LogP contribution is -2.47. The maximum atomic E-state index is 14.5. The van der Waals surface area contributed by atoms with Crippen LogP contribution in [0.1, 0.15) is 45.5 Å². The summed E-state index contributed by atoms with van der Waals surface area (Å²) in [5, 5.41) is 14.5. The molecule has 258 valence electrons. The van der Waals surface area contributed by atoms with Crippen LogP contribution in [0.3, 0.4) is 0 Å². The Hall–Kier alpha value is -4.64. The Morgan fingerprint density at radius 3 is 2.10 bits per heavy atom. The van der Waals surface area contributed by atoms with Crippen molar-refractivity contribution in [1.82, 2.24) is 4.90 Å². The van der Waals surface area contributed by atoms with E-state index in [-0.39, 0.29) is 6.04 Å². The van der Waals surface area contributed by atoms with E-state index >= 15 is 0 Å². The van der Waals surface area contributed by atoms with Gasteiger partial charge in [0, 0.05) is 31.0 Å². The second-order valence-electron chi connectivity index (χ2n) is 13.2. The number of benzene rings is 4. The molecule has 0 fully saturated rings. The SMILES string of the molecule is COc1ccc2cc1Oc1ccc(cc1)C[C@H]1c3cc(OC)c(OC)c(c3CCN1C)Oc1c(OC)c(OC)cc3c1[C@H](C2)[N+](C)([O-])CC3. The molecule has 0 amide bonds. The highest BCUT2D eigenvalue weighted by Gasteiger charge is 2.40. The number of methoxy groups -OCH3 is 5. The summed E-state index contributed by atoms with van der Waals surface area (Å²) < 4.78 is 42.7. The van der Waals surface area contributed by atoms with Gasteiger partial charge in [-0.05, 0) is 78.5 Å². The first-order valence-electron chi connectivity index (χ1n) is 16.6. The second kappa shape index (κ2) is 13.0. The number of quaternary nitrogens is 1. The molecule has 10 heteroatoms. The lowest BCUT2D eigenvalue weighted by atomic mass is 9.86. The third-order valence-electron chi connectivity index (χ3n) is 10.4. The molecule has 0 radical (unpaired) electrons. The van der Waals surface area contributed by atoms with Gasteiger partial charge in [-0.1, -0.05) is 18.2 Å². The molecule has 0 spiro atoms. The van der Waals surface area contributed by atoms with Crippen molar-refractivity contribution in [2.24, 2.45) is 0 Å². The standard InChI is InChI=1S/C39H44N2O8/c1-40-16-14-27-28-22-34(45-5)37(46-6)36(27)49-39-35-25(21-33(44-4)38(39)47-7)15-17-41(2,42)30(35)19-24-10-13-31(43-3)32(20-24)48-26-11-8-23(9-12-26)18-29(28)40/h8-13,20-22,29-30H,14-19H2,1-7H3/t29-,30-,41?/m0/s1. The molecule has 4 aromatic carbocycles. The van der Waals surface area contributed by atoms with Crippen LogP contribution in [0, 0.1) is 5.21 Å². The first kappa shape index (κ1) is 32.9. The number of nitrogens with zero attached hydrogens (tertiary/aromatic N) is 2. The predicted molar refractivity (Wildman–Crippen MR) is 186 cm³/mol. The van der Waals surface area contributed by atoms with E-state index in [2.05, 4.69) is 30.1 Å². The molecule has 3 atom stereocenters. The average molecular weight is 669 g/mol. The highest BCUT2D eigenvalue weighted by atomic mass is 16.6. The minimum Gasteiger partial charge on any atom is -0.633 e. The van der Waals surface area contributed by atoms with E-state index in [1.165, 1.54) is 0 Å². The van der Waals surface area contributed by atoms with Gasteiger partial charge in [0.15, 0.2) is 34.5 Å². The van der Waals surface area contributed by atoms with Crippen LogP contribution in [0.25, 0.3) is 0 Å². The van der Waals surface area contributed by atoms with Gasteiger partial charge >= 0.3 is 0 Å². The fourth-order valence-electron chi connectivity index (χ4n) is 7.69. The summed E-state index contributed by atoms with van der Waals surface area (Å²) in [5.74, 6) is 4.92. The summed E-state index contributed by atoms with van der Waals surface area (Å²) in [6.45, 7) is 1.20. The third-order valence-corrected chi connectivity index (χ3v) is 10.4. The van der Waals surface area contributed by atoms with Crippen molar-refractivity contribution in [2.45, 2.75) is 37.8 Å². The summed E-state index contributed by atoms with van der Waals surface area (Å²) in [7, 11) is 12.0. The van der Waals surface area contributed by atoms with E-state index < -0.39 is 10.7 Å². The molecule has 4 aliphatic heterocycles. The number of fused-ring (bicyclic) bond motifs is 2. The molecule has 0 N–H and O–H groups in total. The van der Waals surface area contributed by atoms with Crippen molar-refractivity contribution in [3.63, 3.8) is 0 Å². The molecule has 8 bridgehead atoms. The highest BCUT2D eigenvalue weighted by molar-refractivity contribution is 5.66. The van der Waals surface area contributed by atoms with Crippen molar-refractivity contribution in [2.75, 3.05) is 62.7 Å². The number of hydrogen-bond acceptors (Lipinski definition) is 9. The molecule has 8 rings (SSSR count). The summed E-state index contributed by atoms with van der Waals surface area (Å²) in [6.07, 6.45) is 2.45. The van der Waals surface area contributed by atoms with Crippen LogP contribution in [0.5, 0.6) is 51.7 Å². The van der Waals surface area contributed by atoms with Crippen molar-refractivity contribution in [1.29, 1.82) is 0 Å². The largest absolute Gasteiger partial charge is 0.633 e.